The highest BCUT2D eigenvalue weighted by atomic mass is 16.5. The molecule has 138 valence electrons. The molecule has 1 atom stereocenters. The predicted molar refractivity (Wildman–Crippen MR) is 100 cm³/mol. The minimum absolute atomic E-state index is 0.00163. The second-order valence-corrected chi connectivity index (χ2v) is 6.12. The van der Waals surface area contributed by atoms with E-state index in [1.165, 1.54) is 12.7 Å². The van der Waals surface area contributed by atoms with Gasteiger partial charge in [0.15, 0.2) is 11.5 Å². The van der Waals surface area contributed by atoms with Gasteiger partial charge in [-0.3, -0.25) is 0 Å². The average Bonchev–Trinajstić information content (AvgIpc) is 2.68. The summed E-state index contributed by atoms with van der Waals surface area (Å²) in [4.78, 5) is 11.9. The Bertz CT molecular complexity index is 788. The van der Waals surface area contributed by atoms with Crippen molar-refractivity contribution in [3.63, 3.8) is 0 Å². The van der Waals surface area contributed by atoms with Crippen LogP contribution < -0.4 is 14.8 Å². The Morgan fingerprint density at radius 3 is 2.54 bits per heavy atom. The zero-order chi connectivity index (χ0) is 18.5. The molecule has 1 aliphatic heterocycles. The van der Waals surface area contributed by atoms with E-state index in [9.17, 15) is 4.79 Å². The number of methoxy groups -OCH3 is 1. The molecule has 5 heteroatoms. The van der Waals surface area contributed by atoms with Crippen molar-refractivity contribution in [2.45, 2.75) is 26.3 Å². The normalized spacial score (nSPS) is 15.9. The first-order chi connectivity index (χ1) is 12.7. The minimum Gasteiger partial charge on any atom is -0.490 e. The van der Waals surface area contributed by atoms with Crippen molar-refractivity contribution in [1.82, 2.24) is 5.32 Å². The van der Waals surface area contributed by atoms with E-state index < -0.39 is 0 Å². The number of carbonyl (C=O) groups excluding carboxylic acids is 1. The molecule has 0 fully saturated rings. The molecule has 2 aromatic carbocycles. The molecule has 1 unspecified atom stereocenters. The maximum atomic E-state index is 11.9. The van der Waals surface area contributed by atoms with Gasteiger partial charge in [0, 0.05) is 6.54 Å². The Hall–Kier alpha value is -2.53. The zero-order valence-electron chi connectivity index (χ0n) is 15.5. The van der Waals surface area contributed by atoms with Crippen molar-refractivity contribution < 1.29 is 19.0 Å². The Balaban J connectivity index is 2.03. The topological polar surface area (TPSA) is 56.8 Å². The number of nitrogens with one attached hydrogen (secondary N) is 1. The summed E-state index contributed by atoms with van der Waals surface area (Å²) < 4.78 is 16.4. The van der Waals surface area contributed by atoms with Crippen molar-refractivity contribution in [3.8, 4) is 11.5 Å². The number of rotatable bonds is 6. The quantitative estimate of drug-likeness (QED) is 0.804. The molecule has 5 nitrogen and oxygen atoms in total. The van der Waals surface area contributed by atoms with Gasteiger partial charge in [0.05, 0.1) is 31.9 Å². The number of ether oxygens (including phenoxy) is 3. The summed E-state index contributed by atoms with van der Waals surface area (Å²) in [6.07, 6.45) is 0.926. The Morgan fingerprint density at radius 2 is 1.85 bits per heavy atom. The number of benzene rings is 2. The van der Waals surface area contributed by atoms with Gasteiger partial charge in [0.2, 0.25) is 0 Å². The van der Waals surface area contributed by atoms with Crippen LogP contribution in [-0.2, 0) is 11.2 Å². The third kappa shape index (κ3) is 3.68. The van der Waals surface area contributed by atoms with Crippen molar-refractivity contribution >= 4 is 5.97 Å². The summed E-state index contributed by atoms with van der Waals surface area (Å²) in [7, 11) is 1.40. The van der Waals surface area contributed by atoms with Gasteiger partial charge >= 0.3 is 5.97 Å². The molecule has 2 aromatic rings. The maximum absolute atomic E-state index is 11.9. The van der Waals surface area contributed by atoms with Crippen LogP contribution in [-0.4, -0.2) is 32.8 Å². The van der Waals surface area contributed by atoms with Gasteiger partial charge < -0.3 is 19.5 Å². The lowest BCUT2D eigenvalue weighted by Gasteiger charge is -2.29. The van der Waals surface area contributed by atoms with Crippen LogP contribution in [0, 0.1) is 0 Å². The molecule has 26 heavy (non-hydrogen) atoms. The Labute approximate surface area is 154 Å². The van der Waals surface area contributed by atoms with Crippen LogP contribution in [0.5, 0.6) is 11.5 Å². The highest BCUT2D eigenvalue weighted by Crippen LogP contribution is 2.38. The van der Waals surface area contributed by atoms with Gasteiger partial charge in [-0.1, -0.05) is 12.1 Å². The van der Waals surface area contributed by atoms with Gasteiger partial charge in [0.1, 0.15) is 0 Å². The monoisotopic (exact) mass is 355 g/mol. The van der Waals surface area contributed by atoms with Gasteiger partial charge in [-0.15, -0.1) is 0 Å². The summed E-state index contributed by atoms with van der Waals surface area (Å²) in [6.45, 7) is 5.97. The molecule has 1 N–H and O–H groups in total. The smallest absolute Gasteiger partial charge is 0.337 e. The Morgan fingerprint density at radius 1 is 1.12 bits per heavy atom. The standard InChI is InChI=1S/C21H25NO4/c1-4-25-18-12-14-9-10-22-20(17(14)13-19(18)26-5-2)15-7-6-8-16(11-15)21(23)24-3/h6-8,11-13,20,22H,4-5,9-10H2,1-3H3. The van der Waals surface area contributed by atoms with E-state index in [-0.39, 0.29) is 12.0 Å². The van der Waals surface area contributed by atoms with Crippen molar-refractivity contribution in [2.24, 2.45) is 0 Å². The molecule has 1 heterocycles. The number of carbonyl (C=O) groups is 1. The fourth-order valence-corrected chi connectivity index (χ4v) is 3.36. The molecule has 1 aliphatic rings. The van der Waals surface area contributed by atoms with Gasteiger partial charge in [-0.05, 0) is 61.2 Å². The molecule has 0 radical (unpaired) electrons. The lowest BCUT2D eigenvalue weighted by atomic mass is 9.89. The number of fused-ring (bicyclic) bond motifs is 1. The molecular weight excluding hydrogens is 330 g/mol. The van der Waals surface area contributed by atoms with Crippen molar-refractivity contribution in [1.29, 1.82) is 0 Å². The van der Waals surface area contributed by atoms with Crippen LogP contribution in [0.25, 0.3) is 0 Å². The van der Waals surface area contributed by atoms with Crippen LogP contribution >= 0.6 is 0 Å². The van der Waals surface area contributed by atoms with Gasteiger partial charge in [-0.2, -0.15) is 0 Å². The fourth-order valence-electron chi connectivity index (χ4n) is 3.36. The van der Waals surface area contributed by atoms with Crippen molar-refractivity contribution in [3.05, 3.63) is 58.7 Å². The minimum atomic E-state index is -0.329. The molecular formula is C21H25NO4. The van der Waals surface area contributed by atoms with Gasteiger partial charge in [0.25, 0.3) is 0 Å². The second-order valence-electron chi connectivity index (χ2n) is 6.12. The highest BCUT2D eigenvalue weighted by molar-refractivity contribution is 5.89. The number of hydrogen-bond acceptors (Lipinski definition) is 5. The molecule has 0 aromatic heterocycles. The van der Waals surface area contributed by atoms with Crippen LogP contribution in [0.1, 0.15) is 46.9 Å². The number of esters is 1. The van der Waals surface area contributed by atoms with E-state index in [4.69, 9.17) is 14.2 Å². The first-order valence-electron chi connectivity index (χ1n) is 9.02. The van der Waals surface area contributed by atoms with E-state index in [0.29, 0.717) is 18.8 Å². The van der Waals surface area contributed by atoms with Crippen LogP contribution in [0.3, 0.4) is 0 Å². The molecule has 0 spiro atoms. The maximum Gasteiger partial charge on any atom is 0.337 e. The first kappa shape index (κ1) is 18.3. The summed E-state index contributed by atoms with van der Waals surface area (Å²) in [6, 6.07) is 11.7. The third-order valence-corrected chi connectivity index (χ3v) is 4.50. The van der Waals surface area contributed by atoms with Crippen molar-refractivity contribution in [2.75, 3.05) is 26.9 Å². The zero-order valence-corrected chi connectivity index (χ0v) is 15.5. The summed E-state index contributed by atoms with van der Waals surface area (Å²) in [5.74, 6) is 1.22. The lowest BCUT2D eigenvalue weighted by molar-refractivity contribution is 0.0600. The van der Waals surface area contributed by atoms with Crippen LogP contribution in [0.2, 0.25) is 0 Å². The van der Waals surface area contributed by atoms with Crippen LogP contribution in [0.15, 0.2) is 36.4 Å². The SMILES string of the molecule is CCOc1cc2c(cc1OCC)C(c1cccc(C(=O)OC)c1)NCC2. The second kappa shape index (κ2) is 8.23. The third-order valence-electron chi connectivity index (χ3n) is 4.50. The van der Waals surface area contributed by atoms with E-state index in [1.807, 2.05) is 32.0 Å². The van der Waals surface area contributed by atoms with E-state index in [0.717, 1.165) is 35.6 Å². The van der Waals surface area contributed by atoms with E-state index in [1.54, 1.807) is 6.07 Å². The lowest BCUT2D eigenvalue weighted by Crippen LogP contribution is -2.30. The summed E-state index contributed by atoms with van der Waals surface area (Å²) in [5, 5.41) is 3.55. The number of hydrogen-bond donors (Lipinski definition) is 1. The predicted octanol–water partition coefficient (Wildman–Crippen LogP) is 3.51. The van der Waals surface area contributed by atoms with Crippen LogP contribution in [0.4, 0.5) is 0 Å². The average molecular weight is 355 g/mol. The fraction of sp³-hybridized carbons (Fsp3) is 0.381. The van der Waals surface area contributed by atoms with Gasteiger partial charge in [-0.25, -0.2) is 4.79 Å². The van der Waals surface area contributed by atoms with E-state index in [2.05, 4.69) is 17.4 Å². The molecule has 0 saturated heterocycles. The molecule has 0 saturated carbocycles. The molecule has 0 aliphatic carbocycles. The van der Waals surface area contributed by atoms with E-state index >= 15 is 0 Å². The molecule has 0 bridgehead atoms. The summed E-state index contributed by atoms with van der Waals surface area (Å²) in [5.41, 5.74) is 3.98. The Kier molecular flexibility index (Phi) is 5.78. The molecule has 3 rings (SSSR count). The largest absolute Gasteiger partial charge is 0.490 e. The first-order valence-corrected chi connectivity index (χ1v) is 9.02. The highest BCUT2D eigenvalue weighted by Gasteiger charge is 2.24. The molecule has 0 amide bonds. The summed E-state index contributed by atoms with van der Waals surface area (Å²) >= 11 is 0.